The predicted octanol–water partition coefficient (Wildman–Crippen LogP) is 4.29. The first kappa shape index (κ1) is 19.3. The van der Waals surface area contributed by atoms with E-state index in [2.05, 4.69) is 31.1 Å². The average molecular weight is 365 g/mol. The number of nitrogens with one attached hydrogen (secondary N) is 1. The van der Waals surface area contributed by atoms with Gasteiger partial charge in [-0.05, 0) is 23.6 Å². The van der Waals surface area contributed by atoms with Crippen LogP contribution in [-0.2, 0) is 0 Å². The van der Waals surface area contributed by atoms with Crippen molar-refractivity contribution in [1.82, 2.24) is 4.98 Å². The van der Waals surface area contributed by atoms with E-state index in [1.165, 1.54) is 7.11 Å². The number of hydrogen-bond donors (Lipinski definition) is 2. The Bertz CT molecular complexity index is 729. The van der Waals surface area contributed by atoms with E-state index in [-0.39, 0.29) is 5.41 Å². The number of hydrogen-bond acceptors (Lipinski definition) is 5. The van der Waals surface area contributed by atoms with Gasteiger partial charge in [0.05, 0.1) is 19.9 Å². The summed E-state index contributed by atoms with van der Waals surface area (Å²) >= 11 is 6.23. The molecule has 0 aliphatic heterocycles. The van der Waals surface area contributed by atoms with E-state index in [9.17, 15) is 5.11 Å². The molecule has 0 saturated carbocycles. The topological polar surface area (TPSA) is 63.6 Å². The number of rotatable bonds is 6. The second-order valence-corrected chi connectivity index (χ2v) is 7.43. The lowest BCUT2D eigenvalue weighted by molar-refractivity contribution is 0.213. The van der Waals surface area contributed by atoms with Crippen LogP contribution in [0.5, 0.6) is 11.6 Å². The molecule has 2 N–H and O–H groups in total. The highest BCUT2D eigenvalue weighted by Crippen LogP contribution is 2.40. The van der Waals surface area contributed by atoms with Gasteiger partial charge >= 0.3 is 0 Å². The number of aliphatic hydroxyl groups excluding tert-OH is 1. The first-order valence-corrected chi connectivity index (χ1v) is 8.43. The summed E-state index contributed by atoms with van der Waals surface area (Å²) in [6.45, 7) is 7.09. The minimum Gasteiger partial charge on any atom is -0.495 e. The predicted molar refractivity (Wildman–Crippen MR) is 101 cm³/mol. The molecule has 2 aromatic rings. The minimum absolute atomic E-state index is 0.0544. The third-order valence-corrected chi connectivity index (χ3v) is 3.91. The maximum Gasteiger partial charge on any atom is 0.219 e. The maximum absolute atomic E-state index is 11.0. The number of anilines is 1. The summed E-state index contributed by atoms with van der Waals surface area (Å²) < 4.78 is 10.7. The number of halogens is 1. The van der Waals surface area contributed by atoms with Gasteiger partial charge in [0, 0.05) is 35.0 Å². The van der Waals surface area contributed by atoms with Crippen LogP contribution in [-0.4, -0.2) is 30.9 Å². The van der Waals surface area contributed by atoms with Gasteiger partial charge in [0.25, 0.3) is 0 Å². The third-order valence-electron chi connectivity index (χ3n) is 3.70. The second-order valence-electron chi connectivity index (χ2n) is 6.99. The van der Waals surface area contributed by atoms with E-state index in [0.717, 1.165) is 0 Å². The summed E-state index contributed by atoms with van der Waals surface area (Å²) in [5.74, 6) is 0.948. The van der Waals surface area contributed by atoms with E-state index in [4.69, 9.17) is 21.1 Å². The number of pyridine rings is 1. The Morgan fingerprint density at radius 3 is 2.52 bits per heavy atom. The number of aromatic nitrogens is 1. The number of aliphatic hydroxyl groups is 1. The standard InChI is InChI=1S/C19H25ClN2O3/c1-19(2,3)11-22-16-14(9-12(20)10-15(16)24-4)17(23)13-7-6-8-21-18(13)25-5/h6-10,17,22-23H,11H2,1-5H3/t17-/m1/s1. The SMILES string of the molecule is COc1cc(Cl)cc([C@H](O)c2cccnc2OC)c1NCC(C)(C)C. The maximum atomic E-state index is 11.0. The van der Waals surface area contributed by atoms with Gasteiger partial charge in [-0.25, -0.2) is 4.98 Å². The molecule has 0 unspecified atom stereocenters. The lowest BCUT2D eigenvalue weighted by Gasteiger charge is -2.25. The van der Waals surface area contributed by atoms with Crippen molar-refractivity contribution in [3.05, 3.63) is 46.6 Å². The lowest BCUT2D eigenvalue weighted by atomic mass is 9.95. The molecule has 0 spiro atoms. The van der Waals surface area contributed by atoms with Gasteiger partial charge < -0.3 is 19.9 Å². The van der Waals surface area contributed by atoms with Crippen molar-refractivity contribution < 1.29 is 14.6 Å². The number of methoxy groups -OCH3 is 2. The van der Waals surface area contributed by atoms with Crippen molar-refractivity contribution in [1.29, 1.82) is 0 Å². The molecule has 2 rings (SSSR count). The van der Waals surface area contributed by atoms with Crippen LogP contribution in [0, 0.1) is 5.41 Å². The molecule has 25 heavy (non-hydrogen) atoms. The molecule has 1 atom stereocenters. The van der Waals surface area contributed by atoms with Gasteiger partial charge in [-0.3, -0.25) is 0 Å². The first-order chi connectivity index (χ1) is 11.8. The largest absolute Gasteiger partial charge is 0.495 e. The molecule has 0 radical (unpaired) electrons. The van der Waals surface area contributed by atoms with E-state index in [1.54, 1.807) is 37.6 Å². The molecule has 1 aromatic heterocycles. The van der Waals surface area contributed by atoms with E-state index in [1.807, 2.05) is 0 Å². The van der Waals surface area contributed by atoms with Crippen molar-refractivity contribution in [2.75, 3.05) is 26.1 Å². The minimum atomic E-state index is -0.960. The fourth-order valence-corrected chi connectivity index (χ4v) is 2.69. The van der Waals surface area contributed by atoms with Crippen LogP contribution in [0.4, 0.5) is 5.69 Å². The summed E-state index contributed by atoms with van der Waals surface area (Å²) in [5, 5.41) is 14.8. The zero-order valence-electron chi connectivity index (χ0n) is 15.3. The summed E-state index contributed by atoms with van der Waals surface area (Å²) in [6.07, 6.45) is 0.658. The van der Waals surface area contributed by atoms with Crippen LogP contribution < -0.4 is 14.8 Å². The number of nitrogens with zero attached hydrogens (tertiary/aromatic N) is 1. The number of benzene rings is 1. The molecule has 1 heterocycles. The monoisotopic (exact) mass is 364 g/mol. The molecule has 5 nitrogen and oxygen atoms in total. The fourth-order valence-electron chi connectivity index (χ4n) is 2.47. The molecule has 0 amide bonds. The quantitative estimate of drug-likeness (QED) is 0.800. The molecule has 6 heteroatoms. The van der Waals surface area contributed by atoms with Crippen LogP contribution >= 0.6 is 11.6 Å². The molecular formula is C19H25ClN2O3. The van der Waals surface area contributed by atoms with Crippen molar-refractivity contribution >= 4 is 17.3 Å². The van der Waals surface area contributed by atoms with Crippen LogP contribution in [0.15, 0.2) is 30.5 Å². The van der Waals surface area contributed by atoms with Gasteiger partial charge in [0.2, 0.25) is 5.88 Å². The Morgan fingerprint density at radius 1 is 1.20 bits per heavy atom. The number of ether oxygens (including phenoxy) is 2. The van der Waals surface area contributed by atoms with Crippen LogP contribution in [0.3, 0.4) is 0 Å². The molecule has 0 saturated heterocycles. The highest BCUT2D eigenvalue weighted by molar-refractivity contribution is 6.31. The van der Waals surface area contributed by atoms with Gasteiger partial charge in [0.1, 0.15) is 11.9 Å². The zero-order chi connectivity index (χ0) is 18.6. The first-order valence-electron chi connectivity index (χ1n) is 8.05. The van der Waals surface area contributed by atoms with Gasteiger partial charge in [-0.1, -0.05) is 32.4 Å². The molecular weight excluding hydrogens is 340 g/mol. The Kier molecular flexibility index (Phi) is 6.14. The van der Waals surface area contributed by atoms with Gasteiger partial charge in [-0.15, -0.1) is 0 Å². The highest BCUT2D eigenvalue weighted by Gasteiger charge is 2.23. The molecule has 1 aromatic carbocycles. The van der Waals surface area contributed by atoms with Crippen molar-refractivity contribution in [2.45, 2.75) is 26.9 Å². The van der Waals surface area contributed by atoms with Crippen LogP contribution in [0.2, 0.25) is 5.02 Å². The van der Waals surface area contributed by atoms with Crippen LogP contribution in [0.1, 0.15) is 38.0 Å². The third kappa shape index (κ3) is 4.77. The second kappa shape index (κ2) is 7.93. The summed E-state index contributed by atoms with van der Waals surface area (Å²) in [7, 11) is 3.10. The Labute approximate surface area is 154 Å². The molecule has 136 valence electrons. The van der Waals surface area contributed by atoms with Gasteiger partial charge in [0.15, 0.2) is 0 Å². The summed E-state index contributed by atoms with van der Waals surface area (Å²) in [4.78, 5) is 4.16. The molecule has 0 fully saturated rings. The molecule has 0 aliphatic carbocycles. The summed E-state index contributed by atoms with van der Waals surface area (Å²) in [6, 6.07) is 6.98. The van der Waals surface area contributed by atoms with E-state index < -0.39 is 6.10 Å². The van der Waals surface area contributed by atoms with Crippen molar-refractivity contribution in [2.24, 2.45) is 5.41 Å². The van der Waals surface area contributed by atoms with Crippen molar-refractivity contribution in [3.8, 4) is 11.6 Å². The smallest absolute Gasteiger partial charge is 0.219 e. The normalized spacial score (nSPS) is 12.6. The Balaban J connectivity index is 2.52. The van der Waals surface area contributed by atoms with E-state index >= 15 is 0 Å². The van der Waals surface area contributed by atoms with Crippen molar-refractivity contribution in [3.63, 3.8) is 0 Å². The molecule has 0 bridgehead atoms. The van der Waals surface area contributed by atoms with Crippen LogP contribution in [0.25, 0.3) is 0 Å². The Hall–Kier alpha value is -1.98. The van der Waals surface area contributed by atoms with E-state index in [0.29, 0.717) is 40.0 Å². The highest BCUT2D eigenvalue weighted by atomic mass is 35.5. The zero-order valence-corrected chi connectivity index (χ0v) is 16.0. The summed E-state index contributed by atoms with van der Waals surface area (Å²) in [5.41, 5.74) is 1.94. The average Bonchev–Trinajstić information content (AvgIpc) is 2.58. The van der Waals surface area contributed by atoms with Gasteiger partial charge in [-0.2, -0.15) is 0 Å². The lowest BCUT2D eigenvalue weighted by Crippen LogP contribution is -2.20. The fraction of sp³-hybridized carbons (Fsp3) is 0.421. The Morgan fingerprint density at radius 2 is 1.92 bits per heavy atom. The molecule has 0 aliphatic rings.